The van der Waals surface area contributed by atoms with Crippen molar-refractivity contribution in [2.24, 2.45) is 0 Å². The van der Waals surface area contributed by atoms with Gasteiger partial charge in [-0.1, -0.05) is 38.1 Å². The minimum Gasteiger partial charge on any atom is -0.496 e. The van der Waals surface area contributed by atoms with Crippen LogP contribution < -0.4 is 9.47 Å². The Bertz CT molecular complexity index is 596. The lowest BCUT2D eigenvalue weighted by atomic mass is 9.98. The van der Waals surface area contributed by atoms with Gasteiger partial charge < -0.3 is 9.47 Å². The molecule has 0 bridgehead atoms. The maximum atomic E-state index is 6.01. The second kappa shape index (κ2) is 7.51. The summed E-state index contributed by atoms with van der Waals surface area (Å²) in [5, 5.41) is 0. The van der Waals surface area contributed by atoms with Crippen molar-refractivity contribution in [1.82, 2.24) is 0 Å². The summed E-state index contributed by atoms with van der Waals surface area (Å²) in [4.78, 5) is 0. The zero-order valence-electron chi connectivity index (χ0n) is 12.7. The second-order valence-electron chi connectivity index (χ2n) is 5.10. The smallest absolute Gasteiger partial charge is 0.133 e. The maximum absolute atomic E-state index is 6.01. The third kappa shape index (κ3) is 4.01. The Morgan fingerprint density at radius 1 is 1.10 bits per heavy atom. The van der Waals surface area contributed by atoms with E-state index >= 15 is 0 Å². The third-order valence-corrected chi connectivity index (χ3v) is 4.29. The number of ether oxygens (including phenoxy) is 2. The lowest BCUT2D eigenvalue weighted by molar-refractivity contribution is 0.301. The van der Waals surface area contributed by atoms with E-state index in [0.717, 1.165) is 28.0 Å². The SMILES string of the molecule is CCC(C)c1ccccc1OCc1ccc(OC)c(Br)c1. The molecule has 2 nitrogen and oxygen atoms in total. The van der Waals surface area contributed by atoms with Crippen molar-refractivity contribution in [2.45, 2.75) is 32.8 Å². The summed E-state index contributed by atoms with van der Waals surface area (Å²) in [7, 11) is 1.67. The first-order valence-corrected chi connectivity index (χ1v) is 7.99. The van der Waals surface area contributed by atoms with Crippen molar-refractivity contribution in [3.05, 3.63) is 58.1 Å². The number of rotatable bonds is 6. The summed E-state index contributed by atoms with van der Waals surface area (Å²) in [5.41, 5.74) is 2.38. The van der Waals surface area contributed by atoms with Crippen LogP contribution in [0, 0.1) is 0 Å². The maximum Gasteiger partial charge on any atom is 0.133 e. The fraction of sp³-hybridized carbons (Fsp3) is 0.333. The highest BCUT2D eigenvalue weighted by Gasteiger charge is 2.10. The van der Waals surface area contributed by atoms with Gasteiger partial charge in [-0.3, -0.25) is 0 Å². The van der Waals surface area contributed by atoms with Gasteiger partial charge in [-0.2, -0.15) is 0 Å². The number of para-hydroxylation sites is 1. The minimum absolute atomic E-state index is 0.504. The number of methoxy groups -OCH3 is 1. The summed E-state index contributed by atoms with van der Waals surface area (Å²) >= 11 is 3.50. The quantitative estimate of drug-likeness (QED) is 0.681. The predicted molar refractivity (Wildman–Crippen MR) is 90.2 cm³/mol. The molecule has 0 amide bonds. The molecular formula is C18H21BrO2. The van der Waals surface area contributed by atoms with Crippen LogP contribution in [0.3, 0.4) is 0 Å². The van der Waals surface area contributed by atoms with Gasteiger partial charge in [0.25, 0.3) is 0 Å². The molecule has 0 N–H and O–H groups in total. The molecule has 0 saturated carbocycles. The highest BCUT2D eigenvalue weighted by molar-refractivity contribution is 9.10. The van der Waals surface area contributed by atoms with Crippen molar-refractivity contribution >= 4 is 15.9 Å². The monoisotopic (exact) mass is 348 g/mol. The molecule has 2 aromatic carbocycles. The summed E-state index contributed by atoms with van der Waals surface area (Å²) < 4.78 is 12.2. The molecule has 0 aliphatic carbocycles. The van der Waals surface area contributed by atoms with Gasteiger partial charge in [-0.05, 0) is 57.6 Å². The third-order valence-electron chi connectivity index (χ3n) is 3.67. The van der Waals surface area contributed by atoms with E-state index in [-0.39, 0.29) is 0 Å². The van der Waals surface area contributed by atoms with Crippen LogP contribution in [0.15, 0.2) is 46.9 Å². The van der Waals surface area contributed by atoms with E-state index in [1.807, 2.05) is 30.3 Å². The van der Waals surface area contributed by atoms with Gasteiger partial charge >= 0.3 is 0 Å². The highest BCUT2D eigenvalue weighted by atomic mass is 79.9. The van der Waals surface area contributed by atoms with Crippen LogP contribution in [0.2, 0.25) is 0 Å². The molecule has 2 aromatic rings. The van der Waals surface area contributed by atoms with Crippen molar-refractivity contribution in [2.75, 3.05) is 7.11 Å². The van der Waals surface area contributed by atoms with E-state index < -0.39 is 0 Å². The molecule has 0 radical (unpaired) electrons. The molecule has 1 unspecified atom stereocenters. The van der Waals surface area contributed by atoms with E-state index in [2.05, 4.69) is 41.9 Å². The summed E-state index contributed by atoms with van der Waals surface area (Å²) in [5.74, 6) is 2.31. The molecule has 0 spiro atoms. The van der Waals surface area contributed by atoms with Crippen molar-refractivity contribution < 1.29 is 9.47 Å². The second-order valence-corrected chi connectivity index (χ2v) is 5.96. The Balaban J connectivity index is 2.11. The average Bonchev–Trinajstić information content (AvgIpc) is 2.52. The van der Waals surface area contributed by atoms with E-state index in [1.165, 1.54) is 5.56 Å². The van der Waals surface area contributed by atoms with Crippen LogP contribution >= 0.6 is 15.9 Å². The van der Waals surface area contributed by atoms with Crippen LogP contribution in [0.25, 0.3) is 0 Å². The van der Waals surface area contributed by atoms with Gasteiger partial charge in [0.1, 0.15) is 18.1 Å². The minimum atomic E-state index is 0.504. The van der Waals surface area contributed by atoms with E-state index in [4.69, 9.17) is 9.47 Å². The Kier molecular flexibility index (Phi) is 5.68. The normalized spacial score (nSPS) is 12.0. The van der Waals surface area contributed by atoms with Crippen molar-refractivity contribution in [3.8, 4) is 11.5 Å². The van der Waals surface area contributed by atoms with Crippen LogP contribution in [0.5, 0.6) is 11.5 Å². The molecular weight excluding hydrogens is 328 g/mol. The van der Waals surface area contributed by atoms with E-state index in [9.17, 15) is 0 Å². The molecule has 21 heavy (non-hydrogen) atoms. The van der Waals surface area contributed by atoms with Crippen molar-refractivity contribution in [1.29, 1.82) is 0 Å². The van der Waals surface area contributed by atoms with Gasteiger partial charge in [0.05, 0.1) is 11.6 Å². The molecule has 112 valence electrons. The summed E-state index contributed by atoms with van der Waals surface area (Å²) in [6, 6.07) is 14.3. The predicted octanol–water partition coefficient (Wildman–Crippen LogP) is 5.55. The molecule has 3 heteroatoms. The van der Waals surface area contributed by atoms with E-state index in [1.54, 1.807) is 7.11 Å². The highest BCUT2D eigenvalue weighted by Crippen LogP contribution is 2.30. The Morgan fingerprint density at radius 3 is 2.52 bits per heavy atom. The first-order valence-electron chi connectivity index (χ1n) is 7.19. The van der Waals surface area contributed by atoms with Gasteiger partial charge in [-0.15, -0.1) is 0 Å². The van der Waals surface area contributed by atoms with Crippen LogP contribution in [0.4, 0.5) is 0 Å². The zero-order chi connectivity index (χ0) is 15.2. The number of benzene rings is 2. The number of hydrogen-bond donors (Lipinski definition) is 0. The summed E-state index contributed by atoms with van der Waals surface area (Å²) in [6.45, 7) is 4.98. The lowest BCUT2D eigenvalue weighted by Gasteiger charge is -2.16. The van der Waals surface area contributed by atoms with Gasteiger partial charge in [0, 0.05) is 0 Å². The van der Waals surface area contributed by atoms with Gasteiger partial charge in [0.2, 0.25) is 0 Å². The Hall–Kier alpha value is -1.48. The molecule has 0 aliphatic heterocycles. The van der Waals surface area contributed by atoms with E-state index in [0.29, 0.717) is 12.5 Å². The fourth-order valence-electron chi connectivity index (χ4n) is 2.20. The fourth-order valence-corrected chi connectivity index (χ4v) is 2.79. The Labute approximate surface area is 135 Å². The number of halogens is 1. The van der Waals surface area contributed by atoms with Crippen LogP contribution in [-0.4, -0.2) is 7.11 Å². The largest absolute Gasteiger partial charge is 0.496 e. The zero-order valence-corrected chi connectivity index (χ0v) is 14.3. The molecule has 0 saturated heterocycles. The molecule has 0 aliphatic rings. The molecule has 2 rings (SSSR count). The van der Waals surface area contributed by atoms with Crippen LogP contribution in [-0.2, 0) is 6.61 Å². The molecule has 0 fully saturated rings. The standard InChI is InChI=1S/C18H21BrO2/c1-4-13(2)15-7-5-6-8-17(15)21-12-14-9-10-18(20-3)16(19)11-14/h5-11,13H,4,12H2,1-3H3. The average molecular weight is 349 g/mol. The topological polar surface area (TPSA) is 18.5 Å². The lowest BCUT2D eigenvalue weighted by Crippen LogP contribution is -2.01. The summed E-state index contributed by atoms with van der Waals surface area (Å²) in [6.07, 6.45) is 1.11. The van der Waals surface area contributed by atoms with Crippen molar-refractivity contribution in [3.63, 3.8) is 0 Å². The van der Waals surface area contributed by atoms with Gasteiger partial charge in [-0.25, -0.2) is 0 Å². The molecule has 0 aromatic heterocycles. The molecule has 1 atom stereocenters. The van der Waals surface area contributed by atoms with Crippen LogP contribution in [0.1, 0.15) is 37.3 Å². The molecule has 0 heterocycles. The van der Waals surface area contributed by atoms with Gasteiger partial charge in [0.15, 0.2) is 0 Å². The first-order chi connectivity index (χ1) is 10.2. The Morgan fingerprint density at radius 2 is 1.86 bits per heavy atom. The first kappa shape index (κ1) is 15.9. The number of hydrogen-bond acceptors (Lipinski definition) is 2.